The van der Waals surface area contributed by atoms with Crippen molar-refractivity contribution in [2.24, 2.45) is 0 Å². The largest absolute Gasteiger partial charge is 0.493 e. The van der Waals surface area contributed by atoms with Gasteiger partial charge in [-0.2, -0.15) is 8.42 Å². The maximum Gasteiger partial charge on any atom is 0.306 e. The number of nitrogens with zero attached hydrogens (tertiary/aromatic N) is 1. The Bertz CT molecular complexity index is 1560. The van der Waals surface area contributed by atoms with Crippen molar-refractivity contribution in [2.45, 2.75) is 19.5 Å². The van der Waals surface area contributed by atoms with Crippen LogP contribution in [0, 0.1) is 0 Å². The van der Waals surface area contributed by atoms with Crippen LogP contribution in [-0.4, -0.2) is 44.2 Å². The lowest BCUT2D eigenvalue weighted by atomic mass is 9.98. The molecule has 0 aliphatic carbocycles. The van der Waals surface area contributed by atoms with E-state index >= 15 is 0 Å². The number of aromatic nitrogens is 2. The first-order chi connectivity index (χ1) is 17.3. The quantitative estimate of drug-likeness (QED) is 0.203. The Morgan fingerprint density at radius 3 is 2.63 bits per heavy atom. The average Bonchev–Trinajstić information content (AvgIpc) is 3.45. The van der Waals surface area contributed by atoms with E-state index < -0.39 is 10.1 Å². The van der Waals surface area contributed by atoms with Gasteiger partial charge in [0.2, 0.25) is 0 Å². The van der Waals surface area contributed by atoms with Crippen molar-refractivity contribution in [2.75, 3.05) is 19.9 Å². The maximum atomic E-state index is 12.7. The molecule has 1 aliphatic heterocycles. The number of amides is 1. The zero-order valence-electron chi connectivity index (χ0n) is 20.7. The Morgan fingerprint density at radius 2 is 1.92 bits per heavy atom. The molecule has 2 aromatic carbocycles. The molecule has 0 unspecified atom stereocenters. The minimum atomic E-state index is -3.81. The molecule has 3 heterocycles. The fourth-order valence-electron chi connectivity index (χ4n) is 4.42. The topological polar surface area (TPSA) is 122 Å². The van der Waals surface area contributed by atoms with E-state index in [0.717, 1.165) is 47.1 Å². The van der Waals surface area contributed by atoms with Gasteiger partial charge in [0.15, 0.2) is 11.5 Å². The highest BCUT2D eigenvalue weighted by molar-refractivity contribution is 7.86. The molecular weight excluding hydrogens is 551 g/mol. The minimum Gasteiger partial charge on any atom is -0.493 e. The fourth-order valence-corrected chi connectivity index (χ4v) is 4.90. The predicted octanol–water partition coefficient (Wildman–Crippen LogP) is 4.00. The summed E-state index contributed by atoms with van der Waals surface area (Å²) in [4.78, 5) is 20.4. The molecule has 12 heteroatoms. The number of pyridine rings is 1. The van der Waals surface area contributed by atoms with Crippen LogP contribution in [0.3, 0.4) is 0 Å². The van der Waals surface area contributed by atoms with E-state index in [2.05, 4.69) is 32.7 Å². The van der Waals surface area contributed by atoms with E-state index in [-0.39, 0.29) is 48.8 Å². The summed E-state index contributed by atoms with van der Waals surface area (Å²) >= 11 is 0. The van der Waals surface area contributed by atoms with Gasteiger partial charge in [0, 0.05) is 65.7 Å². The van der Waals surface area contributed by atoms with Gasteiger partial charge in [0.25, 0.3) is 5.91 Å². The third kappa shape index (κ3) is 6.21. The Balaban J connectivity index is 0.00000200. The number of fused-ring (bicyclic) bond motifs is 2. The number of aromatic amines is 1. The van der Waals surface area contributed by atoms with Crippen LogP contribution in [0.2, 0.25) is 0 Å². The van der Waals surface area contributed by atoms with Gasteiger partial charge < -0.3 is 24.5 Å². The van der Waals surface area contributed by atoms with Crippen LogP contribution in [0.5, 0.6) is 11.5 Å². The van der Waals surface area contributed by atoms with Crippen LogP contribution in [0.15, 0.2) is 54.7 Å². The van der Waals surface area contributed by atoms with Gasteiger partial charge in [-0.3, -0.25) is 9.78 Å². The summed E-state index contributed by atoms with van der Waals surface area (Å²) in [5.74, 6) is -0.0214. The average molecular weight is 580 g/mol. The molecular formula is C26H28Cl2N4O5S. The highest BCUT2D eigenvalue weighted by Gasteiger charge is 2.31. The second-order valence-corrected chi connectivity index (χ2v) is 10.2. The molecule has 9 nitrogen and oxygen atoms in total. The highest BCUT2D eigenvalue weighted by Crippen LogP contribution is 2.43. The zero-order valence-corrected chi connectivity index (χ0v) is 23.2. The lowest BCUT2D eigenvalue weighted by Crippen LogP contribution is -2.17. The van der Waals surface area contributed by atoms with Crippen LogP contribution in [-0.2, 0) is 29.6 Å². The van der Waals surface area contributed by atoms with Crippen molar-refractivity contribution < 1.29 is 22.1 Å². The first-order valence-electron chi connectivity index (χ1n) is 11.5. The molecule has 202 valence electrons. The van der Waals surface area contributed by atoms with Crippen LogP contribution in [0.4, 0.5) is 0 Å². The molecule has 5 rings (SSSR count). The van der Waals surface area contributed by atoms with E-state index in [1.807, 2.05) is 30.3 Å². The summed E-state index contributed by atoms with van der Waals surface area (Å²) in [5, 5.41) is 7.21. The summed E-state index contributed by atoms with van der Waals surface area (Å²) in [6, 6.07) is 15.7. The lowest BCUT2D eigenvalue weighted by Gasteiger charge is -2.15. The van der Waals surface area contributed by atoms with Crippen molar-refractivity contribution >= 4 is 51.7 Å². The Kier molecular flexibility index (Phi) is 9.26. The van der Waals surface area contributed by atoms with Crippen LogP contribution >= 0.6 is 24.8 Å². The van der Waals surface area contributed by atoms with Gasteiger partial charge in [-0.1, -0.05) is 12.1 Å². The number of H-pyrrole nitrogens is 1. The van der Waals surface area contributed by atoms with Crippen molar-refractivity contribution in [1.82, 2.24) is 20.6 Å². The molecule has 0 spiro atoms. The van der Waals surface area contributed by atoms with E-state index in [9.17, 15) is 13.2 Å². The van der Waals surface area contributed by atoms with Crippen molar-refractivity contribution in [3.8, 4) is 22.8 Å². The molecule has 0 bridgehead atoms. The maximum absolute atomic E-state index is 12.7. The van der Waals surface area contributed by atoms with Crippen LogP contribution in [0.1, 0.15) is 27.2 Å². The first-order valence-corrected chi connectivity index (χ1v) is 13.3. The molecule has 1 amide bonds. The van der Waals surface area contributed by atoms with E-state index in [1.165, 1.54) is 7.11 Å². The van der Waals surface area contributed by atoms with E-state index in [4.69, 9.17) is 8.92 Å². The summed E-state index contributed by atoms with van der Waals surface area (Å²) in [7, 11) is -2.38. The second-order valence-electron chi connectivity index (χ2n) is 8.63. The molecule has 0 atom stereocenters. The molecule has 2 aromatic heterocycles. The number of ether oxygens (including phenoxy) is 1. The predicted molar refractivity (Wildman–Crippen MR) is 151 cm³/mol. The number of carbonyl (C=O) groups excluding carboxylic acids is 1. The van der Waals surface area contributed by atoms with Gasteiger partial charge in [-0.05, 0) is 42.0 Å². The summed E-state index contributed by atoms with van der Waals surface area (Å²) < 4.78 is 34.3. The number of hydrogen-bond donors (Lipinski definition) is 3. The monoisotopic (exact) mass is 578 g/mol. The lowest BCUT2D eigenvalue weighted by molar-refractivity contribution is 0.0966. The number of hydrogen-bond acceptors (Lipinski definition) is 7. The fraction of sp³-hybridized carbons (Fsp3) is 0.231. The molecule has 4 aromatic rings. The molecule has 3 N–H and O–H groups in total. The number of carbonyl (C=O) groups is 1. The minimum absolute atomic E-state index is 0. The van der Waals surface area contributed by atoms with Crippen molar-refractivity contribution in [3.63, 3.8) is 0 Å². The standard InChI is InChI=1S/C26H26N4O5S.2ClH/c1-34-23-13-19(24-20(15-29-26(24)31)25(23)35-36(2,32)33)22-12-17-11-16(6-7-21(17)30-22)14-27-10-8-18-5-3-4-9-28-18;;/h3-7,9,11-13,27,30H,8,10,14-15H2,1-2H3,(H,29,31);2*1H. The van der Waals surface area contributed by atoms with Crippen LogP contribution < -0.4 is 19.6 Å². The van der Waals surface area contributed by atoms with Gasteiger partial charge in [0.05, 0.1) is 18.9 Å². The summed E-state index contributed by atoms with van der Waals surface area (Å²) in [5.41, 5.74) is 5.27. The van der Waals surface area contributed by atoms with E-state index in [1.54, 1.807) is 12.3 Å². The third-order valence-electron chi connectivity index (χ3n) is 6.04. The number of methoxy groups -OCH3 is 1. The second kappa shape index (κ2) is 12.0. The summed E-state index contributed by atoms with van der Waals surface area (Å²) in [6.45, 7) is 1.68. The number of nitrogens with one attached hydrogen (secondary N) is 3. The Morgan fingerprint density at radius 1 is 1.11 bits per heavy atom. The van der Waals surface area contributed by atoms with Crippen molar-refractivity contribution in [3.05, 3.63) is 77.1 Å². The molecule has 38 heavy (non-hydrogen) atoms. The third-order valence-corrected chi connectivity index (χ3v) is 6.51. The van der Waals surface area contributed by atoms with Crippen molar-refractivity contribution in [1.29, 1.82) is 0 Å². The molecule has 0 fully saturated rings. The smallest absolute Gasteiger partial charge is 0.306 e. The molecule has 0 radical (unpaired) electrons. The van der Waals surface area contributed by atoms with Gasteiger partial charge >= 0.3 is 10.1 Å². The Labute approximate surface area is 233 Å². The first kappa shape index (κ1) is 29.2. The normalized spacial score (nSPS) is 12.3. The highest BCUT2D eigenvalue weighted by atomic mass is 35.5. The molecule has 0 saturated carbocycles. The molecule has 1 aliphatic rings. The Hall–Kier alpha value is -3.31. The van der Waals surface area contributed by atoms with Crippen LogP contribution in [0.25, 0.3) is 22.2 Å². The zero-order chi connectivity index (χ0) is 25.3. The number of rotatable bonds is 9. The SMILES string of the molecule is COc1cc(-c2cc3cc(CNCCc4ccccn4)ccc3[nH]2)c2c(c1OS(C)(=O)=O)CNC2=O.Cl.Cl. The number of halogens is 2. The molecule has 0 saturated heterocycles. The van der Waals surface area contributed by atoms with Gasteiger partial charge in [-0.15, -0.1) is 24.8 Å². The van der Waals surface area contributed by atoms with Gasteiger partial charge in [0.1, 0.15) is 0 Å². The summed E-state index contributed by atoms with van der Waals surface area (Å²) in [6.07, 6.45) is 3.61. The number of benzene rings is 2. The van der Waals surface area contributed by atoms with Gasteiger partial charge in [-0.25, -0.2) is 0 Å². The van der Waals surface area contributed by atoms with E-state index in [0.29, 0.717) is 23.2 Å².